The highest BCUT2D eigenvalue weighted by atomic mass is 32.2. The van der Waals surface area contributed by atoms with Crippen LogP contribution in [0.15, 0.2) is 29.7 Å². The number of rotatable bonds is 6. The molecule has 1 aromatic carbocycles. The Morgan fingerprint density at radius 3 is 2.38 bits per heavy atom. The molecule has 0 aliphatic carbocycles. The molecule has 1 aromatic rings. The maximum absolute atomic E-state index is 13.0. The monoisotopic (exact) mass is 320 g/mol. The molecular weight excluding hydrogens is 305 g/mol. The molecule has 1 rings (SSSR count). The lowest BCUT2D eigenvalue weighted by Gasteiger charge is -2.12. The van der Waals surface area contributed by atoms with Crippen molar-refractivity contribution in [3.8, 4) is 5.75 Å². The number of ether oxygens (including phenoxy) is 2. The molecule has 116 valence electrons. The van der Waals surface area contributed by atoms with Crippen molar-refractivity contribution in [1.82, 2.24) is 0 Å². The maximum Gasteiger partial charge on any atom is 0.417 e. The number of carbonyl (C=O) groups excluding carboxylic acids is 1. The van der Waals surface area contributed by atoms with Crippen molar-refractivity contribution in [3.05, 3.63) is 35.2 Å². The zero-order valence-corrected chi connectivity index (χ0v) is 12.4. The van der Waals surface area contributed by atoms with Crippen molar-refractivity contribution in [1.29, 1.82) is 0 Å². The summed E-state index contributed by atoms with van der Waals surface area (Å²) in [6.45, 7) is 1.84. The number of benzene rings is 1. The fraction of sp³-hybridized carbons (Fsp3) is 0.357. The third-order valence-electron chi connectivity index (χ3n) is 2.41. The molecule has 0 spiro atoms. The van der Waals surface area contributed by atoms with Gasteiger partial charge in [0.25, 0.3) is 0 Å². The third-order valence-corrected chi connectivity index (χ3v) is 3.22. The number of esters is 1. The predicted octanol–water partition coefficient (Wildman–Crippen LogP) is 3.89. The van der Waals surface area contributed by atoms with E-state index in [0.29, 0.717) is 5.75 Å². The number of thioether (sulfide) groups is 1. The largest absolute Gasteiger partial charge is 0.497 e. The van der Waals surface area contributed by atoms with Gasteiger partial charge < -0.3 is 9.47 Å². The summed E-state index contributed by atoms with van der Waals surface area (Å²) < 4.78 is 48.7. The quantitative estimate of drug-likeness (QED) is 0.745. The van der Waals surface area contributed by atoms with Crippen LogP contribution >= 0.6 is 11.8 Å². The minimum absolute atomic E-state index is 0.0136. The number of carbonyl (C=O) groups is 1. The molecule has 0 radical (unpaired) electrons. The van der Waals surface area contributed by atoms with E-state index in [0.717, 1.165) is 17.2 Å². The van der Waals surface area contributed by atoms with Crippen LogP contribution in [0, 0.1) is 0 Å². The summed E-state index contributed by atoms with van der Waals surface area (Å²) in [6.07, 6.45) is -4.50. The highest BCUT2D eigenvalue weighted by Gasteiger charge is 2.34. The van der Waals surface area contributed by atoms with Crippen LogP contribution in [0.25, 0.3) is 5.57 Å². The Bertz CT molecular complexity index is 495. The van der Waals surface area contributed by atoms with Crippen LogP contribution in [0.4, 0.5) is 13.2 Å². The third kappa shape index (κ3) is 5.71. The number of hydrogen-bond acceptors (Lipinski definition) is 4. The lowest BCUT2D eigenvalue weighted by Crippen LogP contribution is -2.11. The van der Waals surface area contributed by atoms with Crippen LogP contribution in [0.3, 0.4) is 0 Å². The first kappa shape index (κ1) is 17.4. The van der Waals surface area contributed by atoms with Gasteiger partial charge in [0.1, 0.15) is 5.75 Å². The molecule has 3 nitrogen and oxygen atoms in total. The number of halogens is 3. The fourth-order valence-corrected chi connectivity index (χ4v) is 2.20. The fourth-order valence-electron chi connectivity index (χ4n) is 1.46. The van der Waals surface area contributed by atoms with E-state index in [1.165, 1.54) is 31.4 Å². The van der Waals surface area contributed by atoms with Crippen LogP contribution in [0.1, 0.15) is 12.5 Å². The van der Waals surface area contributed by atoms with E-state index in [2.05, 4.69) is 4.74 Å². The number of allylic oxidation sites excluding steroid dienone is 1. The lowest BCUT2D eigenvalue weighted by molar-refractivity contribution is -0.139. The minimum Gasteiger partial charge on any atom is -0.497 e. The van der Waals surface area contributed by atoms with Crippen LogP contribution in [-0.2, 0) is 9.53 Å². The van der Waals surface area contributed by atoms with E-state index in [-0.39, 0.29) is 17.9 Å². The van der Waals surface area contributed by atoms with E-state index >= 15 is 0 Å². The van der Waals surface area contributed by atoms with E-state index in [1.54, 1.807) is 6.92 Å². The molecule has 0 fully saturated rings. The molecule has 0 bridgehead atoms. The molecule has 0 heterocycles. The normalized spacial score (nSPS) is 12.1. The molecule has 0 unspecified atom stereocenters. The van der Waals surface area contributed by atoms with Crippen LogP contribution in [-0.4, -0.2) is 31.6 Å². The maximum atomic E-state index is 13.0. The van der Waals surface area contributed by atoms with E-state index < -0.39 is 17.7 Å². The van der Waals surface area contributed by atoms with Crippen molar-refractivity contribution >= 4 is 23.3 Å². The molecule has 21 heavy (non-hydrogen) atoms. The van der Waals surface area contributed by atoms with Crippen molar-refractivity contribution in [3.63, 3.8) is 0 Å². The molecule has 0 amide bonds. The Morgan fingerprint density at radius 1 is 1.29 bits per heavy atom. The Labute approximate surface area is 125 Å². The van der Waals surface area contributed by atoms with Crippen LogP contribution < -0.4 is 4.74 Å². The van der Waals surface area contributed by atoms with Gasteiger partial charge in [-0.1, -0.05) is 12.1 Å². The molecular formula is C14H15F3O3S. The zero-order valence-electron chi connectivity index (χ0n) is 11.6. The van der Waals surface area contributed by atoms with Gasteiger partial charge in [0.15, 0.2) is 0 Å². The average Bonchev–Trinajstić information content (AvgIpc) is 2.43. The average molecular weight is 320 g/mol. The molecule has 0 saturated carbocycles. The van der Waals surface area contributed by atoms with Gasteiger partial charge >= 0.3 is 12.1 Å². The Kier molecular flexibility index (Phi) is 6.61. The van der Waals surface area contributed by atoms with E-state index in [1.807, 2.05) is 0 Å². The Morgan fingerprint density at radius 2 is 1.90 bits per heavy atom. The summed E-state index contributed by atoms with van der Waals surface area (Å²) in [5.74, 6) is -0.238. The van der Waals surface area contributed by atoms with Gasteiger partial charge in [0.2, 0.25) is 0 Å². The van der Waals surface area contributed by atoms with Crippen LogP contribution in [0.5, 0.6) is 5.75 Å². The molecule has 0 aromatic heterocycles. The van der Waals surface area contributed by atoms with Gasteiger partial charge in [-0.2, -0.15) is 13.2 Å². The van der Waals surface area contributed by atoms with Gasteiger partial charge in [-0.25, -0.2) is 0 Å². The highest BCUT2D eigenvalue weighted by molar-refractivity contribution is 8.02. The molecule has 0 aliphatic rings. The second-order valence-corrected chi connectivity index (χ2v) is 4.73. The standard InChI is InChI=1S/C14H15F3O3S/c1-3-20-13(18)9-21-8-12(14(15,16)17)10-4-6-11(19-2)7-5-10/h4-8H,3,9H2,1-2H3/b12-8+. The van der Waals surface area contributed by atoms with E-state index in [9.17, 15) is 18.0 Å². The number of alkyl halides is 3. The Balaban J connectivity index is 2.87. The molecule has 7 heteroatoms. The molecule has 0 saturated heterocycles. The summed E-state index contributed by atoms with van der Waals surface area (Å²) in [4.78, 5) is 11.1. The smallest absolute Gasteiger partial charge is 0.417 e. The first-order valence-corrected chi connectivity index (χ1v) is 7.12. The van der Waals surface area contributed by atoms with Gasteiger partial charge in [0, 0.05) is 0 Å². The summed E-state index contributed by atoms with van der Waals surface area (Å²) in [5.41, 5.74) is -0.792. The first-order valence-electron chi connectivity index (χ1n) is 6.07. The number of methoxy groups -OCH3 is 1. The Hall–Kier alpha value is -1.63. The molecule has 0 atom stereocenters. The van der Waals surface area contributed by atoms with Crippen LogP contribution in [0.2, 0.25) is 0 Å². The zero-order chi connectivity index (χ0) is 15.9. The van der Waals surface area contributed by atoms with Crippen molar-refractivity contribution in [2.45, 2.75) is 13.1 Å². The summed E-state index contributed by atoms with van der Waals surface area (Å²) in [5, 5.41) is 0.929. The SMILES string of the molecule is CCOC(=O)CS/C=C(\c1ccc(OC)cc1)C(F)(F)F. The summed E-state index contributed by atoms with van der Waals surface area (Å²) in [7, 11) is 1.44. The van der Waals surface area contributed by atoms with Crippen molar-refractivity contribution in [2.75, 3.05) is 19.5 Å². The van der Waals surface area contributed by atoms with Gasteiger partial charge in [-0.05, 0) is 30.0 Å². The van der Waals surface area contributed by atoms with Gasteiger partial charge in [-0.15, -0.1) is 11.8 Å². The van der Waals surface area contributed by atoms with Crippen molar-refractivity contribution < 1.29 is 27.4 Å². The molecule has 0 N–H and O–H groups in total. The summed E-state index contributed by atoms with van der Waals surface area (Å²) in [6, 6.07) is 5.54. The van der Waals surface area contributed by atoms with Gasteiger partial charge in [-0.3, -0.25) is 4.79 Å². The van der Waals surface area contributed by atoms with E-state index in [4.69, 9.17) is 4.74 Å². The first-order chi connectivity index (χ1) is 9.88. The van der Waals surface area contributed by atoms with Crippen molar-refractivity contribution in [2.24, 2.45) is 0 Å². The highest BCUT2D eigenvalue weighted by Crippen LogP contribution is 2.36. The van der Waals surface area contributed by atoms with Gasteiger partial charge in [0.05, 0.1) is 25.0 Å². The summed E-state index contributed by atoms with van der Waals surface area (Å²) >= 11 is 0.753. The molecule has 0 aliphatic heterocycles. The number of hydrogen-bond donors (Lipinski definition) is 0. The second kappa shape index (κ2) is 7.97. The minimum atomic E-state index is -4.50. The topological polar surface area (TPSA) is 35.5 Å². The second-order valence-electron chi connectivity index (χ2n) is 3.87. The predicted molar refractivity (Wildman–Crippen MR) is 76.1 cm³/mol. The lowest BCUT2D eigenvalue weighted by atomic mass is 10.1.